The van der Waals surface area contributed by atoms with Crippen molar-refractivity contribution < 1.29 is 13.6 Å². The number of carbonyl (C=O) groups is 1. The number of nitrogens with zero attached hydrogens (tertiary/aromatic N) is 4. The van der Waals surface area contributed by atoms with Gasteiger partial charge in [-0.25, -0.2) is 13.5 Å². The number of rotatable bonds is 5. The summed E-state index contributed by atoms with van der Waals surface area (Å²) in [5, 5.41) is 11.1. The summed E-state index contributed by atoms with van der Waals surface area (Å²) in [4.78, 5) is 17.2. The van der Waals surface area contributed by atoms with Crippen molar-refractivity contribution in [3.63, 3.8) is 0 Å². The molecule has 4 rings (SSSR count). The molecule has 0 fully saturated rings. The third-order valence-electron chi connectivity index (χ3n) is 4.92. The Labute approximate surface area is 177 Å². The molecule has 2 aromatic heterocycles. The molecular weight excluding hydrogens is 400 g/mol. The smallest absolute Gasteiger partial charge is 0.274 e. The third-order valence-corrected chi connectivity index (χ3v) is 4.92. The van der Waals surface area contributed by atoms with Gasteiger partial charge in [-0.2, -0.15) is 0 Å². The Bertz CT molecular complexity index is 1220. The van der Waals surface area contributed by atoms with Gasteiger partial charge in [0.2, 0.25) is 0 Å². The average molecular weight is 419 g/mol. The highest BCUT2D eigenvalue weighted by Gasteiger charge is 2.24. The van der Waals surface area contributed by atoms with Crippen LogP contribution in [-0.4, -0.2) is 25.9 Å². The van der Waals surface area contributed by atoms with Crippen molar-refractivity contribution in [3.8, 4) is 16.9 Å². The number of halogens is 2. The zero-order valence-corrected chi connectivity index (χ0v) is 16.9. The molecule has 0 aliphatic carbocycles. The van der Waals surface area contributed by atoms with E-state index in [4.69, 9.17) is 0 Å². The van der Waals surface area contributed by atoms with Crippen molar-refractivity contribution in [3.05, 3.63) is 95.4 Å². The van der Waals surface area contributed by atoms with Crippen LogP contribution in [0.25, 0.3) is 16.9 Å². The first-order chi connectivity index (χ1) is 14.9. The van der Waals surface area contributed by atoms with Crippen molar-refractivity contribution >= 4 is 5.91 Å². The second kappa shape index (κ2) is 8.43. The number of benzene rings is 2. The first-order valence-electron chi connectivity index (χ1n) is 9.63. The largest absolute Gasteiger partial charge is 0.344 e. The van der Waals surface area contributed by atoms with Crippen molar-refractivity contribution in [2.45, 2.75) is 19.9 Å². The molecule has 2 heterocycles. The van der Waals surface area contributed by atoms with Gasteiger partial charge in [0.25, 0.3) is 5.91 Å². The van der Waals surface area contributed by atoms with Gasteiger partial charge in [-0.15, -0.1) is 5.10 Å². The SMILES string of the molecule is Cc1cc(-n2nnc(C(=O)N[C@@H](C)c3ccc(F)cc3)c2-c2cccnc2)ccc1F. The lowest BCUT2D eigenvalue weighted by atomic mass is 10.1. The Balaban J connectivity index is 1.73. The van der Waals surface area contributed by atoms with Gasteiger partial charge in [0, 0.05) is 18.0 Å². The van der Waals surface area contributed by atoms with Gasteiger partial charge in [0.1, 0.15) is 17.3 Å². The number of hydrogen-bond acceptors (Lipinski definition) is 4. The summed E-state index contributed by atoms with van der Waals surface area (Å²) < 4.78 is 28.4. The van der Waals surface area contributed by atoms with Crippen LogP contribution in [0, 0.1) is 18.6 Å². The van der Waals surface area contributed by atoms with E-state index >= 15 is 0 Å². The topological polar surface area (TPSA) is 72.7 Å². The van der Waals surface area contributed by atoms with Crippen LogP contribution in [0.4, 0.5) is 8.78 Å². The van der Waals surface area contributed by atoms with Crippen LogP contribution in [0.1, 0.15) is 34.6 Å². The van der Waals surface area contributed by atoms with Crippen LogP contribution in [0.5, 0.6) is 0 Å². The standard InChI is InChI=1S/C23H19F2N5O/c1-14-12-19(9-10-20(14)25)30-22(17-4-3-11-26-13-17)21(28-29-30)23(31)27-15(2)16-5-7-18(24)8-6-16/h3-13,15H,1-2H3,(H,27,31)/t15-/m0/s1. The molecule has 0 unspecified atom stereocenters. The maximum atomic E-state index is 13.8. The second-order valence-corrected chi connectivity index (χ2v) is 7.12. The summed E-state index contributed by atoms with van der Waals surface area (Å²) in [6.07, 6.45) is 3.22. The first kappa shape index (κ1) is 20.3. The molecule has 0 saturated heterocycles. The van der Waals surface area contributed by atoms with E-state index in [1.807, 2.05) is 0 Å². The fourth-order valence-electron chi connectivity index (χ4n) is 3.24. The molecule has 1 atom stereocenters. The van der Waals surface area contributed by atoms with Crippen molar-refractivity contribution in [1.82, 2.24) is 25.3 Å². The predicted molar refractivity (Wildman–Crippen MR) is 112 cm³/mol. The second-order valence-electron chi connectivity index (χ2n) is 7.12. The average Bonchev–Trinajstić information content (AvgIpc) is 3.22. The van der Waals surface area contributed by atoms with E-state index in [1.54, 1.807) is 62.6 Å². The molecule has 1 amide bonds. The van der Waals surface area contributed by atoms with Gasteiger partial charge >= 0.3 is 0 Å². The van der Waals surface area contributed by atoms with Crippen molar-refractivity contribution in [1.29, 1.82) is 0 Å². The van der Waals surface area contributed by atoms with Gasteiger partial charge in [-0.05, 0) is 67.4 Å². The van der Waals surface area contributed by atoms with Gasteiger partial charge in [-0.3, -0.25) is 9.78 Å². The molecule has 31 heavy (non-hydrogen) atoms. The number of carbonyl (C=O) groups excluding carboxylic acids is 1. The highest BCUT2D eigenvalue weighted by molar-refractivity contribution is 5.98. The Kier molecular flexibility index (Phi) is 5.53. The summed E-state index contributed by atoms with van der Waals surface area (Å²) in [7, 11) is 0. The number of hydrogen-bond donors (Lipinski definition) is 1. The van der Waals surface area contributed by atoms with Crippen molar-refractivity contribution in [2.24, 2.45) is 0 Å². The summed E-state index contributed by atoms with van der Waals surface area (Å²) in [5.41, 5.74) is 2.93. The molecule has 8 heteroatoms. The van der Waals surface area contributed by atoms with Gasteiger partial charge < -0.3 is 5.32 Å². The monoisotopic (exact) mass is 419 g/mol. The maximum Gasteiger partial charge on any atom is 0.274 e. The maximum absolute atomic E-state index is 13.8. The van der Waals surface area contributed by atoms with Crippen molar-refractivity contribution in [2.75, 3.05) is 0 Å². The minimum Gasteiger partial charge on any atom is -0.344 e. The molecule has 0 bridgehead atoms. The van der Waals surface area contributed by atoms with E-state index in [9.17, 15) is 13.6 Å². The summed E-state index contributed by atoms with van der Waals surface area (Å²) >= 11 is 0. The number of amides is 1. The zero-order chi connectivity index (χ0) is 22.0. The molecule has 2 aromatic carbocycles. The fourth-order valence-corrected chi connectivity index (χ4v) is 3.24. The Morgan fingerprint density at radius 1 is 1.10 bits per heavy atom. The van der Waals surface area contributed by atoms with Crippen LogP contribution in [-0.2, 0) is 0 Å². The number of aryl methyl sites for hydroxylation is 1. The molecule has 0 radical (unpaired) electrons. The predicted octanol–water partition coefficient (Wildman–Crippen LogP) is 4.41. The third kappa shape index (κ3) is 4.18. The Hall–Kier alpha value is -3.94. The highest BCUT2D eigenvalue weighted by atomic mass is 19.1. The minimum atomic E-state index is -0.444. The summed E-state index contributed by atoms with van der Waals surface area (Å²) in [6.45, 7) is 3.44. The van der Waals surface area contributed by atoms with Crippen LogP contribution in [0.3, 0.4) is 0 Å². The van der Waals surface area contributed by atoms with Crippen LogP contribution in [0.2, 0.25) is 0 Å². The molecule has 0 spiro atoms. The Morgan fingerprint density at radius 2 is 1.87 bits per heavy atom. The van der Waals surface area contributed by atoms with E-state index < -0.39 is 5.91 Å². The summed E-state index contributed by atoms with van der Waals surface area (Å²) in [5.74, 6) is -1.13. The molecule has 4 aromatic rings. The van der Waals surface area contributed by atoms with Gasteiger partial charge in [0.05, 0.1) is 11.7 Å². The minimum absolute atomic E-state index is 0.101. The Morgan fingerprint density at radius 3 is 2.55 bits per heavy atom. The first-order valence-corrected chi connectivity index (χ1v) is 9.63. The number of pyridine rings is 1. The molecule has 0 aliphatic rings. The quantitative estimate of drug-likeness (QED) is 0.520. The van der Waals surface area contributed by atoms with E-state index in [0.29, 0.717) is 22.5 Å². The normalized spacial score (nSPS) is 11.9. The molecule has 0 aliphatic heterocycles. The lowest BCUT2D eigenvalue weighted by Crippen LogP contribution is -2.27. The lowest BCUT2D eigenvalue weighted by Gasteiger charge is -2.14. The molecule has 1 N–H and O–H groups in total. The summed E-state index contributed by atoms with van der Waals surface area (Å²) in [6, 6.07) is 13.6. The molecule has 6 nitrogen and oxygen atoms in total. The van der Waals surface area contributed by atoms with Crippen LogP contribution >= 0.6 is 0 Å². The number of aromatic nitrogens is 4. The zero-order valence-electron chi connectivity index (χ0n) is 16.9. The highest BCUT2D eigenvalue weighted by Crippen LogP contribution is 2.26. The van der Waals surface area contributed by atoms with Gasteiger partial charge in [0.15, 0.2) is 5.69 Å². The fraction of sp³-hybridized carbons (Fsp3) is 0.130. The molecular formula is C23H19F2N5O. The number of nitrogens with one attached hydrogen (secondary N) is 1. The van der Waals surface area contributed by atoms with Gasteiger partial charge in [-0.1, -0.05) is 17.3 Å². The van der Waals surface area contributed by atoms with E-state index in [-0.39, 0.29) is 23.4 Å². The molecule has 0 saturated carbocycles. The van der Waals surface area contributed by atoms with E-state index in [0.717, 1.165) is 5.56 Å². The van der Waals surface area contributed by atoms with E-state index in [1.165, 1.54) is 22.9 Å². The van der Waals surface area contributed by atoms with E-state index in [2.05, 4.69) is 20.6 Å². The van der Waals surface area contributed by atoms with Crippen LogP contribution in [0.15, 0.2) is 67.0 Å². The lowest BCUT2D eigenvalue weighted by molar-refractivity contribution is 0.0935. The van der Waals surface area contributed by atoms with Crippen LogP contribution < -0.4 is 5.32 Å². The molecule has 156 valence electrons.